The minimum atomic E-state index is -0.481. The van der Waals surface area contributed by atoms with Crippen LogP contribution in [0.1, 0.15) is 13.3 Å². The van der Waals surface area contributed by atoms with Crippen molar-refractivity contribution in [1.82, 2.24) is 0 Å². The minimum Gasteiger partial charge on any atom is -0.376 e. The molecular weight excluding hydrogens is 297 g/mol. The van der Waals surface area contributed by atoms with Crippen molar-refractivity contribution >= 4 is 28.9 Å². The van der Waals surface area contributed by atoms with Gasteiger partial charge >= 0.3 is 0 Å². The molecule has 23 heavy (non-hydrogen) atoms. The zero-order valence-electron chi connectivity index (χ0n) is 12.7. The predicted octanol–water partition coefficient (Wildman–Crippen LogP) is 3.22. The average molecular weight is 315 g/mol. The second kappa shape index (κ2) is 7.93. The lowest BCUT2D eigenvalue weighted by atomic mass is 10.2. The van der Waals surface area contributed by atoms with Crippen LogP contribution < -0.4 is 16.0 Å². The maximum atomic E-state index is 13.4. The van der Waals surface area contributed by atoms with Gasteiger partial charge in [0.1, 0.15) is 5.82 Å². The largest absolute Gasteiger partial charge is 0.376 e. The van der Waals surface area contributed by atoms with E-state index in [-0.39, 0.29) is 24.0 Å². The number of benzene rings is 2. The van der Waals surface area contributed by atoms with E-state index in [4.69, 9.17) is 0 Å². The lowest BCUT2D eigenvalue weighted by Gasteiger charge is -2.10. The van der Waals surface area contributed by atoms with Crippen molar-refractivity contribution in [2.24, 2.45) is 0 Å². The molecule has 0 fully saturated rings. The molecule has 6 heteroatoms. The molecule has 0 saturated carbocycles. The van der Waals surface area contributed by atoms with E-state index in [1.807, 2.05) is 0 Å². The van der Waals surface area contributed by atoms with Crippen molar-refractivity contribution in [3.8, 4) is 0 Å². The fourth-order valence-corrected chi connectivity index (χ4v) is 1.90. The van der Waals surface area contributed by atoms with Gasteiger partial charge in [-0.3, -0.25) is 9.59 Å². The van der Waals surface area contributed by atoms with Crippen molar-refractivity contribution in [1.29, 1.82) is 0 Å². The Morgan fingerprint density at radius 1 is 0.957 bits per heavy atom. The Kier molecular flexibility index (Phi) is 5.68. The number of halogens is 1. The summed E-state index contributed by atoms with van der Waals surface area (Å²) in [5.74, 6) is -0.928. The molecule has 0 bridgehead atoms. The molecule has 0 aliphatic rings. The topological polar surface area (TPSA) is 70.2 Å². The van der Waals surface area contributed by atoms with Crippen LogP contribution in [0.3, 0.4) is 0 Å². The molecule has 0 aliphatic carbocycles. The molecule has 2 rings (SSSR count). The number of hydrogen-bond acceptors (Lipinski definition) is 3. The standard InChI is InChI=1S/C17H18FN3O2/c1-2-16(22)20-13-7-5-6-12(10-13)19-11-17(23)21-15-9-4-3-8-14(15)18/h3-10,19H,2,11H2,1H3,(H,20,22)(H,21,23). The molecule has 2 amide bonds. The summed E-state index contributed by atoms with van der Waals surface area (Å²) in [5, 5.41) is 8.16. The normalized spacial score (nSPS) is 10.0. The van der Waals surface area contributed by atoms with Gasteiger partial charge in [-0.1, -0.05) is 25.1 Å². The van der Waals surface area contributed by atoms with Crippen LogP contribution in [0.5, 0.6) is 0 Å². The lowest BCUT2D eigenvalue weighted by Crippen LogP contribution is -2.22. The molecule has 0 aliphatic heterocycles. The first-order chi connectivity index (χ1) is 11.1. The monoisotopic (exact) mass is 315 g/mol. The van der Waals surface area contributed by atoms with Gasteiger partial charge in [0.2, 0.25) is 11.8 Å². The molecule has 0 saturated heterocycles. The van der Waals surface area contributed by atoms with Crippen LogP contribution in [0, 0.1) is 5.82 Å². The number of nitrogens with one attached hydrogen (secondary N) is 3. The summed E-state index contributed by atoms with van der Waals surface area (Å²) < 4.78 is 13.4. The minimum absolute atomic E-state index is 0.0144. The third kappa shape index (κ3) is 5.10. The van der Waals surface area contributed by atoms with E-state index >= 15 is 0 Å². The van der Waals surface area contributed by atoms with Crippen molar-refractivity contribution in [2.45, 2.75) is 13.3 Å². The highest BCUT2D eigenvalue weighted by atomic mass is 19.1. The van der Waals surface area contributed by atoms with Gasteiger partial charge in [-0.15, -0.1) is 0 Å². The highest BCUT2D eigenvalue weighted by molar-refractivity contribution is 5.94. The van der Waals surface area contributed by atoms with Crippen LogP contribution in [-0.4, -0.2) is 18.4 Å². The number of para-hydroxylation sites is 1. The van der Waals surface area contributed by atoms with Gasteiger partial charge in [0.05, 0.1) is 12.2 Å². The summed E-state index contributed by atoms with van der Waals surface area (Å²) in [6.45, 7) is 1.75. The summed E-state index contributed by atoms with van der Waals surface area (Å²) >= 11 is 0. The van der Waals surface area contributed by atoms with E-state index in [9.17, 15) is 14.0 Å². The highest BCUT2D eigenvalue weighted by Gasteiger charge is 2.06. The van der Waals surface area contributed by atoms with Gasteiger partial charge < -0.3 is 16.0 Å². The van der Waals surface area contributed by atoms with Crippen LogP contribution in [0.4, 0.5) is 21.5 Å². The Labute approximate surface area is 133 Å². The number of carbonyl (C=O) groups is 2. The highest BCUT2D eigenvalue weighted by Crippen LogP contribution is 2.16. The van der Waals surface area contributed by atoms with Gasteiger partial charge in [-0.2, -0.15) is 0 Å². The van der Waals surface area contributed by atoms with Gasteiger partial charge in [0.25, 0.3) is 0 Å². The molecular formula is C17H18FN3O2. The van der Waals surface area contributed by atoms with Crippen LogP contribution in [-0.2, 0) is 9.59 Å². The molecule has 0 spiro atoms. The first-order valence-corrected chi connectivity index (χ1v) is 7.26. The SMILES string of the molecule is CCC(=O)Nc1cccc(NCC(=O)Nc2ccccc2F)c1. The summed E-state index contributed by atoms with van der Waals surface area (Å²) in [7, 11) is 0. The Morgan fingerprint density at radius 2 is 1.70 bits per heavy atom. The molecule has 0 aromatic heterocycles. The zero-order valence-corrected chi connectivity index (χ0v) is 12.7. The van der Waals surface area contributed by atoms with Gasteiger partial charge in [0.15, 0.2) is 0 Å². The van der Waals surface area contributed by atoms with Crippen LogP contribution in [0.15, 0.2) is 48.5 Å². The maximum Gasteiger partial charge on any atom is 0.243 e. The smallest absolute Gasteiger partial charge is 0.243 e. The second-order valence-electron chi connectivity index (χ2n) is 4.86. The van der Waals surface area contributed by atoms with Crippen molar-refractivity contribution in [3.05, 3.63) is 54.3 Å². The fourth-order valence-electron chi connectivity index (χ4n) is 1.90. The number of anilines is 3. The molecule has 0 unspecified atom stereocenters. The molecule has 0 radical (unpaired) electrons. The Hall–Kier alpha value is -2.89. The van der Waals surface area contributed by atoms with Crippen LogP contribution in [0.25, 0.3) is 0 Å². The summed E-state index contributed by atoms with van der Waals surface area (Å²) in [6.07, 6.45) is 0.392. The van der Waals surface area contributed by atoms with E-state index in [2.05, 4.69) is 16.0 Å². The molecule has 3 N–H and O–H groups in total. The predicted molar refractivity (Wildman–Crippen MR) is 88.9 cm³/mol. The Bertz CT molecular complexity index is 704. The molecule has 5 nitrogen and oxygen atoms in total. The number of hydrogen-bond donors (Lipinski definition) is 3. The molecule has 0 atom stereocenters. The third-order valence-corrected chi connectivity index (χ3v) is 3.07. The third-order valence-electron chi connectivity index (χ3n) is 3.07. The molecule has 0 heterocycles. The van der Waals surface area contributed by atoms with Crippen molar-refractivity contribution in [2.75, 3.05) is 22.5 Å². The van der Waals surface area contributed by atoms with E-state index in [0.717, 1.165) is 0 Å². The zero-order chi connectivity index (χ0) is 16.7. The first kappa shape index (κ1) is 16.5. The molecule has 2 aromatic carbocycles. The van der Waals surface area contributed by atoms with Crippen LogP contribution >= 0.6 is 0 Å². The van der Waals surface area contributed by atoms with Gasteiger partial charge in [0, 0.05) is 17.8 Å². The van der Waals surface area contributed by atoms with Crippen LogP contribution in [0.2, 0.25) is 0 Å². The lowest BCUT2D eigenvalue weighted by molar-refractivity contribution is -0.116. The van der Waals surface area contributed by atoms with Crippen molar-refractivity contribution < 1.29 is 14.0 Å². The molecule has 120 valence electrons. The summed E-state index contributed by atoms with van der Waals surface area (Å²) in [4.78, 5) is 23.2. The van der Waals surface area contributed by atoms with E-state index in [0.29, 0.717) is 17.8 Å². The quantitative estimate of drug-likeness (QED) is 0.766. The van der Waals surface area contributed by atoms with E-state index < -0.39 is 5.82 Å². The molecule has 2 aromatic rings. The second-order valence-corrected chi connectivity index (χ2v) is 4.86. The summed E-state index contributed by atoms with van der Waals surface area (Å²) in [6, 6.07) is 13.0. The van der Waals surface area contributed by atoms with Gasteiger partial charge in [-0.25, -0.2) is 4.39 Å². The van der Waals surface area contributed by atoms with Gasteiger partial charge in [-0.05, 0) is 30.3 Å². The number of amides is 2. The average Bonchev–Trinajstić information content (AvgIpc) is 2.55. The van der Waals surface area contributed by atoms with E-state index in [1.54, 1.807) is 43.3 Å². The first-order valence-electron chi connectivity index (χ1n) is 7.26. The Balaban J connectivity index is 1.90. The fraction of sp³-hybridized carbons (Fsp3) is 0.176. The Morgan fingerprint density at radius 3 is 2.43 bits per heavy atom. The number of carbonyl (C=O) groups excluding carboxylic acids is 2. The summed E-state index contributed by atoms with van der Waals surface area (Å²) in [5.41, 5.74) is 1.47. The van der Waals surface area contributed by atoms with E-state index in [1.165, 1.54) is 12.1 Å². The maximum absolute atomic E-state index is 13.4. The number of rotatable bonds is 6. The van der Waals surface area contributed by atoms with Crippen molar-refractivity contribution in [3.63, 3.8) is 0 Å².